The summed E-state index contributed by atoms with van der Waals surface area (Å²) in [5.41, 5.74) is 0.985. The van der Waals surface area contributed by atoms with E-state index in [4.69, 9.17) is 4.52 Å². The number of rotatable bonds is 4. The monoisotopic (exact) mass is 293 g/mol. The third-order valence-electron chi connectivity index (χ3n) is 3.59. The van der Waals surface area contributed by atoms with Crippen molar-refractivity contribution < 1.29 is 4.52 Å². The molecule has 1 aliphatic heterocycles. The molecular weight excluding hydrogens is 274 g/mol. The fraction of sp³-hybridized carbons (Fsp3) is 0.467. The van der Waals surface area contributed by atoms with Gasteiger partial charge in [-0.2, -0.15) is 4.98 Å². The van der Waals surface area contributed by atoms with Crippen LogP contribution in [-0.2, 0) is 6.42 Å². The zero-order valence-electron chi connectivity index (χ0n) is 11.5. The van der Waals surface area contributed by atoms with Gasteiger partial charge in [0.25, 0.3) is 5.89 Å². The largest absolute Gasteiger partial charge is 0.334 e. The Morgan fingerprint density at radius 2 is 1.80 bits per heavy atom. The van der Waals surface area contributed by atoms with Crippen LogP contribution in [0.1, 0.15) is 25.1 Å². The fourth-order valence-electron chi connectivity index (χ4n) is 2.49. The maximum Gasteiger partial charge on any atom is 0.257 e. The summed E-state index contributed by atoms with van der Waals surface area (Å²) >= 11 is 0. The Bertz CT molecular complexity index is 509. The minimum Gasteiger partial charge on any atom is -0.334 e. The summed E-state index contributed by atoms with van der Waals surface area (Å²) in [5.74, 6) is 1.43. The average Bonchev–Trinajstić information content (AvgIpc) is 2.96. The standard InChI is InChI=1S/C15H19N3O.ClH/c1-3-7-13(8-4-1)15-16-14(17-19-15)9-12-18-10-5-2-6-11-18;/h1,3-4,7-8H,2,5-6,9-12H2;1H. The van der Waals surface area contributed by atoms with Gasteiger partial charge in [-0.3, -0.25) is 0 Å². The molecule has 0 radical (unpaired) electrons. The Kier molecular flexibility index (Phi) is 5.56. The predicted molar refractivity (Wildman–Crippen MR) is 81.0 cm³/mol. The molecular formula is C15H20ClN3O. The zero-order valence-corrected chi connectivity index (χ0v) is 12.3. The normalized spacial score (nSPS) is 15.8. The smallest absolute Gasteiger partial charge is 0.257 e. The second kappa shape index (κ2) is 7.41. The third kappa shape index (κ3) is 3.81. The van der Waals surface area contributed by atoms with E-state index in [0.29, 0.717) is 5.89 Å². The highest BCUT2D eigenvalue weighted by molar-refractivity contribution is 5.85. The summed E-state index contributed by atoms with van der Waals surface area (Å²) in [4.78, 5) is 6.95. The van der Waals surface area contributed by atoms with Gasteiger partial charge >= 0.3 is 0 Å². The minimum absolute atomic E-state index is 0. The molecule has 1 saturated heterocycles. The predicted octanol–water partition coefficient (Wildman–Crippen LogP) is 3.19. The maximum absolute atomic E-state index is 5.31. The molecule has 5 heteroatoms. The van der Waals surface area contributed by atoms with Gasteiger partial charge in [-0.1, -0.05) is 29.8 Å². The SMILES string of the molecule is Cl.c1ccc(-c2nc(CCN3CCCCC3)no2)cc1. The van der Waals surface area contributed by atoms with Gasteiger partial charge in [0.1, 0.15) is 0 Å². The lowest BCUT2D eigenvalue weighted by Gasteiger charge is -2.25. The van der Waals surface area contributed by atoms with Gasteiger partial charge in [0.2, 0.25) is 0 Å². The molecule has 0 unspecified atom stereocenters. The second-order valence-corrected chi connectivity index (χ2v) is 5.03. The van der Waals surface area contributed by atoms with Crippen molar-refractivity contribution in [3.05, 3.63) is 36.2 Å². The number of hydrogen-bond acceptors (Lipinski definition) is 4. The van der Waals surface area contributed by atoms with E-state index in [-0.39, 0.29) is 12.4 Å². The zero-order chi connectivity index (χ0) is 12.9. The summed E-state index contributed by atoms with van der Waals surface area (Å²) < 4.78 is 5.31. The van der Waals surface area contributed by atoms with Crippen LogP contribution in [0.25, 0.3) is 11.5 Å². The molecule has 0 aliphatic carbocycles. The number of likely N-dealkylation sites (tertiary alicyclic amines) is 1. The molecule has 1 aliphatic rings. The van der Waals surface area contributed by atoms with Crippen molar-refractivity contribution >= 4 is 12.4 Å². The minimum atomic E-state index is 0. The number of aromatic nitrogens is 2. The van der Waals surface area contributed by atoms with Crippen molar-refractivity contribution in [1.29, 1.82) is 0 Å². The molecule has 4 nitrogen and oxygen atoms in total. The van der Waals surface area contributed by atoms with E-state index in [2.05, 4.69) is 15.0 Å². The van der Waals surface area contributed by atoms with E-state index in [0.717, 1.165) is 24.4 Å². The van der Waals surface area contributed by atoms with Crippen LogP contribution in [0.3, 0.4) is 0 Å². The molecule has 20 heavy (non-hydrogen) atoms. The first-order valence-electron chi connectivity index (χ1n) is 7.02. The third-order valence-corrected chi connectivity index (χ3v) is 3.59. The highest BCUT2D eigenvalue weighted by Crippen LogP contribution is 2.16. The summed E-state index contributed by atoms with van der Waals surface area (Å²) in [6.07, 6.45) is 4.89. The van der Waals surface area contributed by atoms with E-state index >= 15 is 0 Å². The Balaban J connectivity index is 0.00000147. The van der Waals surface area contributed by atoms with Crippen molar-refractivity contribution in [2.75, 3.05) is 19.6 Å². The molecule has 0 bridgehead atoms. The molecule has 1 aromatic heterocycles. The van der Waals surface area contributed by atoms with E-state index in [9.17, 15) is 0 Å². The van der Waals surface area contributed by atoms with Gasteiger partial charge in [-0.15, -0.1) is 12.4 Å². The van der Waals surface area contributed by atoms with Crippen LogP contribution in [-0.4, -0.2) is 34.7 Å². The molecule has 108 valence electrons. The first-order valence-corrected chi connectivity index (χ1v) is 7.02. The lowest BCUT2D eigenvalue weighted by Crippen LogP contribution is -2.31. The topological polar surface area (TPSA) is 42.2 Å². The van der Waals surface area contributed by atoms with Crippen LogP contribution < -0.4 is 0 Å². The molecule has 1 fully saturated rings. The van der Waals surface area contributed by atoms with E-state index in [1.54, 1.807) is 0 Å². The Hall–Kier alpha value is -1.39. The summed E-state index contributed by atoms with van der Waals surface area (Å²) in [6.45, 7) is 3.46. The van der Waals surface area contributed by atoms with Gasteiger partial charge in [0, 0.05) is 18.5 Å². The fourth-order valence-corrected chi connectivity index (χ4v) is 2.49. The molecule has 2 aromatic rings. The molecule has 0 spiro atoms. The van der Waals surface area contributed by atoms with Gasteiger partial charge in [0.15, 0.2) is 5.82 Å². The molecule has 1 aromatic carbocycles. The van der Waals surface area contributed by atoms with Gasteiger partial charge in [-0.25, -0.2) is 0 Å². The van der Waals surface area contributed by atoms with Crippen LogP contribution in [0.2, 0.25) is 0 Å². The van der Waals surface area contributed by atoms with Gasteiger partial charge in [-0.05, 0) is 38.1 Å². The molecule has 2 heterocycles. The summed E-state index contributed by atoms with van der Waals surface area (Å²) in [7, 11) is 0. The number of piperidine rings is 1. The first kappa shape index (κ1) is 15.0. The van der Waals surface area contributed by atoms with Crippen LogP contribution in [0.4, 0.5) is 0 Å². The Labute approximate surface area is 125 Å². The van der Waals surface area contributed by atoms with Crippen LogP contribution >= 0.6 is 12.4 Å². The van der Waals surface area contributed by atoms with Crippen LogP contribution in [0.15, 0.2) is 34.9 Å². The lowest BCUT2D eigenvalue weighted by atomic mass is 10.1. The van der Waals surface area contributed by atoms with Crippen molar-refractivity contribution in [1.82, 2.24) is 15.0 Å². The van der Waals surface area contributed by atoms with Crippen molar-refractivity contribution in [3.8, 4) is 11.5 Å². The highest BCUT2D eigenvalue weighted by atomic mass is 35.5. The van der Waals surface area contributed by atoms with Gasteiger partial charge < -0.3 is 9.42 Å². The number of nitrogens with zero attached hydrogens (tertiary/aromatic N) is 3. The lowest BCUT2D eigenvalue weighted by molar-refractivity contribution is 0.229. The molecule has 0 saturated carbocycles. The van der Waals surface area contributed by atoms with Crippen molar-refractivity contribution in [2.24, 2.45) is 0 Å². The number of benzene rings is 1. The highest BCUT2D eigenvalue weighted by Gasteiger charge is 2.12. The maximum atomic E-state index is 5.31. The summed E-state index contributed by atoms with van der Waals surface area (Å²) in [6, 6.07) is 9.92. The molecule has 0 N–H and O–H groups in total. The van der Waals surface area contributed by atoms with Crippen molar-refractivity contribution in [2.45, 2.75) is 25.7 Å². The first-order chi connectivity index (χ1) is 9.42. The van der Waals surface area contributed by atoms with Gasteiger partial charge in [0.05, 0.1) is 0 Å². The van der Waals surface area contributed by atoms with E-state index < -0.39 is 0 Å². The molecule has 3 rings (SSSR count). The second-order valence-electron chi connectivity index (χ2n) is 5.03. The van der Waals surface area contributed by atoms with Crippen LogP contribution in [0, 0.1) is 0 Å². The van der Waals surface area contributed by atoms with E-state index in [1.807, 2.05) is 30.3 Å². The van der Waals surface area contributed by atoms with E-state index in [1.165, 1.54) is 32.4 Å². The average molecular weight is 294 g/mol. The molecule has 0 amide bonds. The van der Waals surface area contributed by atoms with Crippen LogP contribution in [0.5, 0.6) is 0 Å². The summed E-state index contributed by atoms with van der Waals surface area (Å²) in [5, 5.41) is 4.06. The van der Waals surface area contributed by atoms with Crippen molar-refractivity contribution in [3.63, 3.8) is 0 Å². The number of hydrogen-bond donors (Lipinski definition) is 0. The quantitative estimate of drug-likeness (QED) is 0.868. The Morgan fingerprint density at radius 1 is 1.05 bits per heavy atom. The Morgan fingerprint density at radius 3 is 2.55 bits per heavy atom. The number of halogens is 1. The molecule has 0 atom stereocenters.